The van der Waals surface area contributed by atoms with Crippen LogP contribution < -0.4 is 5.32 Å². The molecular weight excluding hydrogens is 318 g/mol. The molecule has 1 N–H and O–H groups in total. The summed E-state index contributed by atoms with van der Waals surface area (Å²) in [5.41, 5.74) is 5.09. The lowest BCUT2D eigenvalue weighted by molar-refractivity contribution is 1.18. The first kappa shape index (κ1) is 14.8. The van der Waals surface area contributed by atoms with E-state index in [9.17, 15) is 0 Å². The molecule has 118 valence electrons. The van der Waals surface area contributed by atoms with Gasteiger partial charge in [0, 0.05) is 22.5 Å². The topological polar surface area (TPSA) is 29.3 Å². The molecule has 0 radical (unpaired) electrons. The Balaban J connectivity index is 1.86. The third kappa shape index (κ3) is 2.74. The molecule has 0 saturated heterocycles. The molecule has 0 saturated carbocycles. The van der Waals surface area contributed by atoms with Gasteiger partial charge < -0.3 is 5.32 Å². The number of fused-ring (bicyclic) bond motifs is 1. The Labute approximate surface area is 145 Å². The Morgan fingerprint density at radius 1 is 0.917 bits per heavy atom. The predicted molar refractivity (Wildman–Crippen MR) is 100 cm³/mol. The number of hydrogen-bond acceptors (Lipinski definition) is 2. The number of pyridine rings is 1. The van der Waals surface area contributed by atoms with Crippen molar-refractivity contribution in [3.05, 3.63) is 83.5 Å². The zero-order valence-corrected chi connectivity index (χ0v) is 14.0. The Bertz CT molecular complexity index is 986. The second-order valence-electron chi connectivity index (χ2n) is 5.74. The fourth-order valence-corrected chi connectivity index (χ4v) is 2.82. The van der Waals surface area contributed by atoms with Crippen LogP contribution in [0.15, 0.2) is 72.9 Å². The standard InChI is InChI=1S/C20H16ClN3/c1-14-5-11-17(12-6-14)22-20-19(15-7-9-16(21)10-8-15)23-18-4-2-3-13-24(18)20/h2-13,22H,1H3. The smallest absolute Gasteiger partial charge is 0.143 e. The van der Waals surface area contributed by atoms with Crippen molar-refractivity contribution in [1.82, 2.24) is 9.38 Å². The first-order valence-corrected chi connectivity index (χ1v) is 8.15. The van der Waals surface area contributed by atoms with Crippen LogP contribution in [0, 0.1) is 6.92 Å². The SMILES string of the molecule is Cc1ccc(Nc2c(-c3ccc(Cl)cc3)nc3ccccn23)cc1. The molecule has 4 heteroatoms. The van der Waals surface area contributed by atoms with E-state index in [4.69, 9.17) is 16.6 Å². The van der Waals surface area contributed by atoms with Crippen LogP contribution in [0.2, 0.25) is 5.02 Å². The van der Waals surface area contributed by atoms with Gasteiger partial charge >= 0.3 is 0 Å². The molecule has 0 unspecified atom stereocenters. The van der Waals surface area contributed by atoms with Crippen molar-refractivity contribution in [2.24, 2.45) is 0 Å². The van der Waals surface area contributed by atoms with E-state index in [0.717, 1.165) is 33.4 Å². The lowest BCUT2D eigenvalue weighted by Gasteiger charge is -2.09. The van der Waals surface area contributed by atoms with E-state index >= 15 is 0 Å². The molecule has 3 nitrogen and oxygen atoms in total. The summed E-state index contributed by atoms with van der Waals surface area (Å²) in [6.07, 6.45) is 2.01. The van der Waals surface area contributed by atoms with Crippen LogP contribution in [-0.2, 0) is 0 Å². The van der Waals surface area contributed by atoms with Gasteiger partial charge in [0.25, 0.3) is 0 Å². The van der Waals surface area contributed by atoms with Crippen molar-refractivity contribution in [1.29, 1.82) is 0 Å². The van der Waals surface area contributed by atoms with E-state index in [0.29, 0.717) is 0 Å². The highest BCUT2D eigenvalue weighted by atomic mass is 35.5. The maximum atomic E-state index is 6.02. The van der Waals surface area contributed by atoms with Gasteiger partial charge in [-0.05, 0) is 43.3 Å². The number of nitrogens with one attached hydrogen (secondary N) is 1. The van der Waals surface area contributed by atoms with Gasteiger partial charge in [0.1, 0.15) is 17.2 Å². The predicted octanol–water partition coefficient (Wildman–Crippen LogP) is 5.71. The average molecular weight is 334 g/mol. The Morgan fingerprint density at radius 3 is 2.42 bits per heavy atom. The molecule has 0 amide bonds. The van der Waals surface area contributed by atoms with Crippen LogP contribution in [0.5, 0.6) is 0 Å². The average Bonchev–Trinajstić information content (AvgIpc) is 2.96. The second-order valence-corrected chi connectivity index (χ2v) is 6.17. The molecule has 2 heterocycles. The molecule has 0 aliphatic heterocycles. The van der Waals surface area contributed by atoms with E-state index in [1.165, 1.54) is 5.56 Å². The highest BCUT2D eigenvalue weighted by Crippen LogP contribution is 2.31. The fourth-order valence-electron chi connectivity index (χ4n) is 2.70. The number of hydrogen-bond donors (Lipinski definition) is 1. The Kier molecular flexibility index (Phi) is 3.71. The van der Waals surface area contributed by atoms with Gasteiger partial charge in [0.15, 0.2) is 0 Å². The number of aromatic nitrogens is 2. The number of aryl methyl sites for hydroxylation is 1. The van der Waals surface area contributed by atoms with Gasteiger partial charge in [0.2, 0.25) is 0 Å². The summed E-state index contributed by atoms with van der Waals surface area (Å²) in [5, 5.41) is 4.22. The fraction of sp³-hybridized carbons (Fsp3) is 0.0500. The van der Waals surface area contributed by atoms with Gasteiger partial charge in [-0.3, -0.25) is 4.40 Å². The van der Waals surface area contributed by atoms with Crippen molar-refractivity contribution in [3.63, 3.8) is 0 Å². The van der Waals surface area contributed by atoms with Crippen molar-refractivity contribution in [3.8, 4) is 11.3 Å². The van der Waals surface area contributed by atoms with Gasteiger partial charge in [-0.15, -0.1) is 0 Å². The van der Waals surface area contributed by atoms with E-state index in [1.54, 1.807) is 0 Å². The van der Waals surface area contributed by atoms with Crippen LogP contribution in [0.1, 0.15) is 5.56 Å². The summed E-state index contributed by atoms with van der Waals surface area (Å²) >= 11 is 6.02. The summed E-state index contributed by atoms with van der Waals surface area (Å²) in [4.78, 5) is 4.78. The van der Waals surface area contributed by atoms with Crippen molar-refractivity contribution < 1.29 is 0 Å². The third-order valence-electron chi connectivity index (χ3n) is 3.96. The minimum absolute atomic E-state index is 0.718. The normalized spacial score (nSPS) is 10.9. The van der Waals surface area contributed by atoms with E-state index in [-0.39, 0.29) is 0 Å². The van der Waals surface area contributed by atoms with Crippen molar-refractivity contribution in [2.45, 2.75) is 6.92 Å². The number of imidazole rings is 1. The maximum Gasteiger partial charge on any atom is 0.143 e. The third-order valence-corrected chi connectivity index (χ3v) is 4.21. The van der Waals surface area contributed by atoms with Gasteiger partial charge in [0.05, 0.1) is 0 Å². The molecule has 24 heavy (non-hydrogen) atoms. The number of rotatable bonds is 3. The van der Waals surface area contributed by atoms with Crippen LogP contribution in [0.25, 0.3) is 16.9 Å². The summed E-state index contributed by atoms with van der Waals surface area (Å²) in [6.45, 7) is 2.08. The maximum absolute atomic E-state index is 6.02. The largest absolute Gasteiger partial charge is 0.339 e. The first-order chi connectivity index (χ1) is 11.7. The summed E-state index contributed by atoms with van der Waals surface area (Å²) in [6, 6.07) is 22.1. The quantitative estimate of drug-likeness (QED) is 0.520. The minimum Gasteiger partial charge on any atom is -0.339 e. The number of nitrogens with zero attached hydrogens (tertiary/aromatic N) is 2. The number of anilines is 2. The van der Waals surface area contributed by atoms with Gasteiger partial charge in [-0.2, -0.15) is 0 Å². The van der Waals surface area contributed by atoms with E-state index < -0.39 is 0 Å². The summed E-state index contributed by atoms with van der Waals surface area (Å²) in [7, 11) is 0. The van der Waals surface area contributed by atoms with Crippen LogP contribution >= 0.6 is 11.6 Å². The zero-order valence-electron chi connectivity index (χ0n) is 13.2. The minimum atomic E-state index is 0.718. The molecule has 0 atom stereocenters. The molecule has 2 aromatic carbocycles. The van der Waals surface area contributed by atoms with Crippen molar-refractivity contribution >= 4 is 28.8 Å². The van der Waals surface area contributed by atoms with Gasteiger partial charge in [-0.25, -0.2) is 4.98 Å². The molecule has 2 aromatic heterocycles. The number of halogens is 1. The molecule has 4 aromatic rings. The molecule has 0 spiro atoms. The Hall–Kier alpha value is -2.78. The molecule has 4 rings (SSSR count). The van der Waals surface area contributed by atoms with Crippen molar-refractivity contribution in [2.75, 3.05) is 5.32 Å². The first-order valence-electron chi connectivity index (χ1n) is 7.77. The van der Waals surface area contributed by atoms with Crippen LogP contribution in [-0.4, -0.2) is 9.38 Å². The van der Waals surface area contributed by atoms with E-state index in [1.807, 2.05) is 48.7 Å². The lowest BCUT2D eigenvalue weighted by atomic mass is 10.1. The lowest BCUT2D eigenvalue weighted by Crippen LogP contribution is -1.96. The molecule has 0 aliphatic carbocycles. The highest BCUT2D eigenvalue weighted by Gasteiger charge is 2.14. The second kappa shape index (κ2) is 6.02. The zero-order chi connectivity index (χ0) is 16.5. The summed E-state index contributed by atoms with van der Waals surface area (Å²) in [5.74, 6) is 0.941. The number of benzene rings is 2. The molecule has 0 bridgehead atoms. The van der Waals surface area contributed by atoms with Gasteiger partial charge in [-0.1, -0.05) is 47.5 Å². The Morgan fingerprint density at radius 2 is 1.67 bits per heavy atom. The van der Waals surface area contributed by atoms with E-state index in [2.05, 4.69) is 40.9 Å². The monoisotopic (exact) mass is 333 g/mol. The highest BCUT2D eigenvalue weighted by molar-refractivity contribution is 6.30. The van der Waals surface area contributed by atoms with Crippen LogP contribution in [0.3, 0.4) is 0 Å². The summed E-state index contributed by atoms with van der Waals surface area (Å²) < 4.78 is 2.06. The molecule has 0 fully saturated rings. The molecular formula is C20H16ClN3. The molecule has 0 aliphatic rings. The van der Waals surface area contributed by atoms with Crippen LogP contribution in [0.4, 0.5) is 11.5 Å².